The number of hydrogen-bond acceptors (Lipinski definition) is 1. The molecule has 0 rings (SSSR count). The van der Waals surface area contributed by atoms with Crippen molar-refractivity contribution in [2.45, 2.75) is 77.7 Å². The minimum absolute atomic E-state index is 0.257. The molecule has 0 saturated heterocycles. The van der Waals surface area contributed by atoms with Crippen molar-refractivity contribution in [2.75, 3.05) is 0 Å². The highest BCUT2D eigenvalue weighted by molar-refractivity contribution is 5.98. The van der Waals surface area contributed by atoms with Crippen molar-refractivity contribution in [1.29, 1.82) is 0 Å². The molecule has 0 aliphatic rings. The molecule has 0 radical (unpaired) electrons. The van der Waals surface area contributed by atoms with Gasteiger partial charge in [0.1, 0.15) is 10.5 Å². The third-order valence-corrected chi connectivity index (χ3v) is 3.98. The van der Waals surface area contributed by atoms with Gasteiger partial charge in [0.15, 0.2) is 0 Å². The summed E-state index contributed by atoms with van der Waals surface area (Å²) in [4.78, 5) is 0. The maximum absolute atomic E-state index is 5.92. The van der Waals surface area contributed by atoms with Crippen LogP contribution in [0.1, 0.15) is 72.1 Å². The summed E-state index contributed by atoms with van der Waals surface area (Å²) in [7, 11) is 0.894. The van der Waals surface area contributed by atoms with E-state index in [1.54, 1.807) is 0 Å². The van der Waals surface area contributed by atoms with Crippen LogP contribution in [0.3, 0.4) is 0 Å². The largest absolute Gasteiger partial charge is 0.422 e. The van der Waals surface area contributed by atoms with Gasteiger partial charge in [-0.2, -0.15) is 0 Å². The zero-order valence-corrected chi connectivity index (χ0v) is 12.6. The smallest absolute Gasteiger partial charge is 0.146 e. The lowest BCUT2D eigenvalue weighted by Crippen LogP contribution is -2.31. The summed E-state index contributed by atoms with van der Waals surface area (Å²) < 4.78 is 5.92. The molecule has 0 atom stereocenters. The second-order valence-corrected chi connectivity index (χ2v) is 4.75. The van der Waals surface area contributed by atoms with Crippen molar-refractivity contribution in [2.24, 2.45) is 0 Å². The Bertz CT molecular complexity index is 117. The average molecular weight is 216 g/mol. The second kappa shape index (κ2) is 8.48. The van der Waals surface area contributed by atoms with E-state index in [1.165, 1.54) is 51.4 Å². The summed E-state index contributed by atoms with van der Waals surface area (Å²) in [6.45, 7) is 6.81. The highest BCUT2D eigenvalue weighted by Crippen LogP contribution is 2.29. The molecule has 0 aromatic rings. The first-order chi connectivity index (χ1) is 6.74. The van der Waals surface area contributed by atoms with Crippen molar-refractivity contribution < 1.29 is 4.43 Å². The minimum Gasteiger partial charge on any atom is -0.422 e. The van der Waals surface area contributed by atoms with Crippen LogP contribution >= 0.6 is 0 Å². The summed E-state index contributed by atoms with van der Waals surface area (Å²) in [6, 6.07) is 0. The van der Waals surface area contributed by atoms with Gasteiger partial charge in [0, 0.05) is 0 Å². The van der Waals surface area contributed by atoms with E-state index < -0.39 is 0 Å². The number of hydrogen-bond donors (Lipinski definition) is 0. The molecule has 0 N–H and O–H groups in total. The topological polar surface area (TPSA) is 9.23 Å². The van der Waals surface area contributed by atoms with Crippen LogP contribution in [0, 0.1) is 0 Å². The van der Waals surface area contributed by atoms with Crippen LogP contribution in [0.2, 0.25) is 0 Å². The maximum atomic E-state index is 5.92. The molecule has 0 aliphatic heterocycles. The molecule has 0 spiro atoms. The number of unbranched alkanes of at least 4 members (excludes halogenated alkanes) is 2. The third-order valence-electron chi connectivity index (χ3n) is 3.11. The lowest BCUT2D eigenvalue weighted by atomic mass is 9.87. The van der Waals surface area contributed by atoms with Gasteiger partial charge in [0.05, 0.1) is 5.60 Å². The Hall–Kier alpha value is 0.177. The molecule has 1 nitrogen and oxygen atoms in total. The van der Waals surface area contributed by atoms with Gasteiger partial charge in [-0.3, -0.25) is 0 Å². The molecule has 86 valence electrons. The van der Waals surface area contributed by atoms with Crippen molar-refractivity contribution in [3.05, 3.63) is 0 Å². The Morgan fingerprint density at radius 1 is 0.857 bits per heavy atom. The van der Waals surface area contributed by atoms with E-state index in [4.69, 9.17) is 4.43 Å². The van der Waals surface area contributed by atoms with E-state index in [2.05, 4.69) is 20.8 Å². The van der Waals surface area contributed by atoms with Gasteiger partial charge in [0.25, 0.3) is 0 Å². The molecule has 0 unspecified atom stereocenters. The zero-order valence-electron chi connectivity index (χ0n) is 10.6. The van der Waals surface area contributed by atoms with Crippen molar-refractivity contribution >= 4 is 10.5 Å². The van der Waals surface area contributed by atoms with Crippen LogP contribution in [0.5, 0.6) is 0 Å². The van der Waals surface area contributed by atoms with E-state index in [0.717, 1.165) is 10.5 Å². The minimum atomic E-state index is 0.257. The lowest BCUT2D eigenvalue weighted by molar-refractivity contribution is 0.0454. The molecule has 0 saturated carbocycles. The molecule has 14 heavy (non-hydrogen) atoms. The molecule has 0 amide bonds. The Morgan fingerprint density at radius 3 is 1.64 bits per heavy atom. The zero-order chi connectivity index (χ0) is 10.9. The van der Waals surface area contributed by atoms with Crippen molar-refractivity contribution in [1.82, 2.24) is 0 Å². The van der Waals surface area contributed by atoms with Crippen LogP contribution in [-0.4, -0.2) is 16.1 Å². The molecule has 0 heterocycles. The molecule has 0 aromatic heterocycles. The van der Waals surface area contributed by atoms with Gasteiger partial charge >= 0.3 is 0 Å². The summed E-state index contributed by atoms with van der Waals surface area (Å²) >= 11 is 0. The summed E-state index contributed by atoms with van der Waals surface area (Å²) in [6.07, 6.45) is 10.3. The molecule has 0 fully saturated rings. The standard InChI is InChI=1S/C12H28OSi/c1-4-7-10-12(13-14,9-6-3)11-8-5-2/h4-11H2,1-3,14H3. The van der Waals surface area contributed by atoms with Crippen LogP contribution in [0.4, 0.5) is 0 Å². The first-order valence-electron chi connectivity index (χ1n) is 6.29. The first kappa shape index (κ1) is 14.2. The Labute approximate surface area is 93.2 Å². The van der Waals surface area contributed by atoms with Crippen LogP contribution in [0.15, 0.2) is 0 Å². The molecular formula is C12H28OSi. The fraction of sp³-hybridized carbons (Fsp3) is 1.00. The van der Waals surface area contributed by atoms with E-state index >= 15 is 0 Å². The van der Waals surface area contributed by atoms with Crippen LogP contribution in [-0.2, 0) is 4.43 Å². The molecular weight excluding hydrogens is 188 g/mol. The van der Waals surface area contributed by atoms with Crippen molar-refractivity contribution in [3.63, 3.8) is 0 Å². The third kappa shape index (κ3) is 5.16. The SMILES string of the molecule is CCCCC(CCC)(CCCC)O[SiH3]. The summed E-state index contributed by atoms with van der Waals surface area (Å²) in [5, 5.41) is 0. The summed E-state index contributed by atoms with van der Waals surface area (Å²) in [5.74, 6) is 0. The second-order valence-electron chi connectivity index (χ2n) is 4.34. The average Bonchev–Trinajstić information content (AvgIpc) is 2.22. The van der Waals surface area contributed by atoms with Gasteiger partial charge in [-0.15, -0.1) is 0 Å². The Kier molecular flexibility index (Phi) is 8.59. The molecule has 0 aromatic carbocycles. The van der Waals surface area contributed by atoms with Crippen LogP contribution in [0.25, 0.3) is 0 Å². The van der Waals surface area contributed by atoms with Gasteiger partial charge in [-0.1, -0.05) is 52.9 Å². The monoisotopic (exact) mass is 216 g/mol. The highest BCUT2D eigenvalue weighted by Gasteiger charge is 2.26. The lowest BCUT2D eigenvalue weighted by Gasteiger charge is -2.33. The highest BCUT2D eigenvalue weighted by atomic mass is 28.2. The van der Waals surface area contributed by atoms with E-state index in [9.17, 15) is 0 Å². The fourth-order valence-electron chi connectivity index (χ4n) is 2.13. The van der Waals surface area contributed by atoms with Crippen molar-refractivity contribution in [3.8, 4) is 0 Å². The Balaban J connectivity index is 4.11. The predicted octanol–water partition coefficient (Wildman–Crippen LogP) is 3.20. The molecule has 2 heteroatoms. The predicted molar refractivity (Wildman–Crippen MR) is 67.7 cm³/mol. The van der Waals surface area contributed by atoms with Gasteiger partial charge in [0.2, 0.25) is 0 Å². The normalized spacial score (nSPS) is 12.2. The van der Waals surface area contributed by atoms with E-state index in [0.29, 0.717) is 0 Å². The van der Waals surface area contributed by atoms with E-state index in [-0.39, 0.29) is 5.60 Å². The van der Waals surface area contributed by atoms with Gasteiger partial charge in [-0.05, 0) is 19.3 Å². The quantitative estimate of drug-likeness (QED) is 0.538. The fourth-order valence-corrected chi connectivity index (χ4v) is 2.75. The number of rotatable bonds is 9. The van der Waals surface area contributed by atoms with Gasteiger partial charge in [-0.25, -0.2) is 0 Å². The Morgan fingerprint density at radius 2 is 1.36 bits per heavy atom. The van der Waals surface area contributed by atoms with E-state index in [1.807, 2.05) is 0 Å². The molecule has 0 aliphatic carbocycles. The first-order valence-corrected chi connectivity index (χ1v) is 7.11. The maximum Gasteiger partial charge on any atom is 0.146 e. The van der Waals surface area contributed by atoms with Gasteiger partial charge < -0.3 is 4.43 Å². The molecule has 0 bridgehead atoms. The summed E-state index contributed by atoms with van der Waals surface area (Å²) in [5.41, 5.74) is 0.257. The van der Waals surface area contributed by atoms with Crippen LogP contribution < -0.4 is 0 Å².